The Kier molecular flexibility index (Phi) is 9.18. The van der Waals surface area contributed by atoms with Gasteiger partial charge in [-0.25, -0.2) is 4.68 Å². The summed E-state index contributed by atoms with van der Waals surface area (Å²) in [6.45, 7) is 4.88. The van der Waals surface area contributed by atoms with Gasteiger partial charge < -0.3 is 9.47 Å². The molecule has 194 valence electrons. The summed E-state index contributed by atoms with van der Waals surface area (Å²) in [6, 6.07) is 17.4. The van der Waals surface area contributed by atoms with Gasteiger partial charge in [-0.2, -0.15) is 0 Å². The number of piperazine rings is 1. The predicted molar refractivity (Wildman–Crippen MR) is 142 cm³/mol. The lowest BCUT2D eigenvalue weighted by molar-refractivity contribution is 0.0769. The Labute approximate surface area is 220 Å². The largest absolute Gasteiger partial charge is 0.493 e. The molecule has 0 amide bonds. The minimum absolute atomic E-state index is 0. The van der Waals surface area contributed by atoms with Crippen molar-refractivity contribution in [1.82, 2.24) is 30.0 Å². The van der Waals surface area contributed by atoms with Crippen LogP contribution in [0, 0.1) is 0 Å². The van der Waals surface area contributed by atoms with E-state index in [-0.39, 0.29) is 18.4 Å². The zero-order valence-electron chi connectivity index (χ0n) is 21.3. The summed E-state index contributed by atoms with van der Waals surface area (Å²) in [5.41, 5.74) is 2.40. The minimum atomic E-state index is -0.0497. The van der Waals surface area contributed by atoms with Gasteiger partial charge in [0.15, 0.2) is 17.3 Å². The number of benzene rings is 2. The van der Waals surface area contributed by atoms with Crippen LogP contribution in [0.25, 0.3) is 0 Å². The lowest BCUT2D eigenvalue weighted by Crippen LogP contribution is -2.51. The van der Waals surface area contributed by atoms with Crippen molar-refractivity contribution in [2.24, 2.45) is 0 Å². The Bertz CT molecular complexity index is 1080. The topological polar surface area (TPSA) is 68.5 Å². The van der Waals surface area contributed by atoms with E-state index < -0.39 is 0 Å². The molecule has 3 aromatic rings. The van der Waals surface area contributed by atoms with Crippen molar-refractivity contribution in [2.75, 3.05) is 40.4 Å². The molecule has 0 radical (unpaired) electrons. The van der Waals surface area contributed by atoms with E-state index in [4.69, 9.17) is 9.47 Å². The summed E-state index contributed by atoms with van der Waals surface area (Å²) in [4.78, 5) is 5.21. The Hall–Kier alpha value is -2.68. The predicted octanol–water partition coefficient (Wildman–Crippen LogP) is 4.00. The first kappa shape index (κ1) is 26.4. The molecule has 8 nitrogen and oxygen atoms in total. The molecule has 2 heterocycles. The van der Waals surface area contributed by atoms with Crippen LogP contribution < -0.4 is 9.47 Å². The Morgan fingerprint density at radius 2 is 1.64 bits per heavy atom. The van der Waals surface area contributed by atoms with Gasteiger partial charge in [-0.1, -0.05) is 49.2 Å². The fourth-order valence-electron chi connectivity index (χ4n) is 5.62. The van der Waals surface area contributed by atoms with E-state index in [1.54, 1.807) is 14.2 Å². The van der Waals surface area contributed by atoms with E-state index in [1.165, 1.54) is 31.2 Å². The maximum Gasteiger partial charge on any atom is 0.173 e. The first-order chi connectivity index (χ1) is 17.3. The van der Waals surface area contributed by atoms with E-state index in [1.807, 2.05) is 16.8 Å². The maximum atomic E-state index is 5.64. The molecule has 1 aliphatic heterocycles. The van der Waals surface area contributed by atoms with Crippen LogP contribution in [0.4, 0.5) is 0 Å². The van der Waals surface area contributed by atoms with Crippen LogP contribution in [0.2, 0.25) is 0 Å². The van der Waals surface area contributed by atoms with Crippen LogP contribution in [0.5, 0.6) is 11.5 Å². The summed E-state index contributed by atoms with van der Waals surface area (Å²) in [5, 5.41) is 13.0. The number of rotatable bonds is 9. The molecular weight excluding hydrogens is 476 g/mol. The van der Waals surface area contributed by atoms with Crippen LogP contribution in [0.1, 0.15) is 48.7 Å². The lowest BCUT2D eigenvalue weighted by Gasteiger charge is -2.41. The standard InChI is InChI=1S/C27H36N6O2.ClH/c1-34-24-13-12-22(20-25(24)35-2)26(32-18-16-31(17-19-32)23-10-6-7-11-23)27-28-29-30-33(27)15-14-21-8-4-3-5-9-21;/h3-5,8-9,12-13,20,23,26H,6-7,10-11,14-19H2,1-2H3;1H. The zero-order chi connectivity index (χ0) is 24.0. The molecule has 36 heavy (non-hydrogen) atoms. The summed E-state index contributed by atoms with van der Waals surface area (Å²) in [7, 11) is 3.35. The highest BCUT2D eigenvalue weighted by Crippen LogP contribution is 2.35. The van der Waals surface area contributed by atoms with Crippen LogP contribution in [0.3, 0.4) is 0 Å². The van der Waals surface area contributed by atoms with Gasteiger partial charge in [-0.3, -0.25) is 9.80 Å². The average molecular weight is 513 g/mol. The molecule has 0 N–H and O–H groups in total. The normalized spacial score (nSPS) is 18.1. The van der Waals surface area contributed by atoms with Gasteiger partial charge in [0.05, 0.1) is 20.3 Å². The second kappa shape index (κ2) is 12.5. The van der Waals surface area contributed by atoms with Crippen molar-refractivity contribution in [3.8, 4) is 11.5 Å². The van der Waals surface area contributed by atoms with E-state index >= 15 is 0 Å². The van der Waals surface area contributed by atoms with Crippen molar-refractivity contribution < 1.29 is 9.47 Å². The average Bonchev–Trinajstić information content (AvgIpc) is 3.61. The zero-order valence-corrected chi connectivity index (χ0v) is 22.1. The Morgan fingerprint density at radius 3 is 2.33 bits per heavy atom. The van der Waals surface area contributed by atoms with E-state index in [9.17, 15) is 0 Å². The molecular formula is C27H37ClN6O2. The van der Waals surface area contributed by atoms with Gasteiger partial charge in [0, 0.05) is 38.8 Å². The number of hydrogen-bond donors (Lipinski definition) is 0. The van der Waals surface area contributed by atoms with Crippen molar-refractivity contribution in [3.05, 3.63) is 65.5 Å². The molecule has 1 atom stereocenters. The third-order valence-electron chi connectivity index (χ3n) is 7.54. The number of ether oxygens (including phenoxy) is 2. The van der Waals surface area contributed by atoms with Gasteiger partial charge in [0.1, 0.15) is 0 Å². The van der Waals surface area contributed by atoms with Crippen molar-refractivity contribution in [3.63, 3.8) is 0 Å². The third-order valence-corrected chi connectivity index (χ3v) is 7.54. The smallest absolute Gasteiger partial charge is 0.173 e. The first-order valence-corrected chi connectivity index (χ1v) is 12.8. The van der Waals surface area contributed by atoms with Gasteiger partial charge in [-0.05, 0) is 52.9 Å². The highest BCUT2D eigenvalue weighted by atomic mass is 35.5. The molecule has 9 heteroatoms. The number of nitrogens with zero attached hydrogens (tertiary/aromatic N) is 6. The lowest BCUT2D eigenvalue weighted by atomic mass is 10.0. The highest BCUT2D eigenvalue weighted by Gasteiger charge is 2.33. The molecule has 1 saturated heterocycles. The summed E-state index contributed by atoms with van der Waals surface area (Å²) in [5.74, 6) is 2.33. The molecule has 2 fully saturated rings. The number of methoxy groups -OCH3 is 2. The molecule has 1 unspecified atom stereocenters. The Balaban J connectivity index is 0.00000304. The minimum Gasteiger partial charge on any atom is -0.493 e. The van der Waals surface area contributed by atoms with E-state index in [0.29, 0.717) is 0 Å². The van der Waals surface area contributed by atoms with Gasteiger partial charge in [0.2, 0.25) is 0 Å². The van der Waals surface area contributed by atoms with Crippen LogP contribution in [-0.2, 0) is 13.0 Å². The molecule has 2 aromatic carbocycles. The number of tetrazole rings is 1. The molecule has 2 aliphatic rings. The van der Waals surface area contributed by atoms with E-state index in [2.05, 4.69) is 61.7 Å². The number of hydrogen-bond acceptors (Lipinski definition) is 7. The van der Waals surface area contributed by atoms with Crippen LogP contribution in [-0.4, -0.2) is 76.4 Å². The quantitative estimate of drug-likeness (QED) is 0.429. The molecule has 1 saturated carbocycles. The molecule has 1 aliphatic carbocycles. The fourth-order valence-corrected chi connectivity index (χ4v) is 5.62. The van der Waals surface area contributed by atoms with Gasteiger partial charge in [-0.15, -0.1) is 17.5 Å². The van der Waals surface area contributed by atoms with Crippen molar-refractivity contribution in [1.29, 1.82) is 0 Å². The monoisotopic (exact) mass is 512 g/mol. The SMILES string of the molecule is COc1ccc(C(c2nnnn2CCc2ccccc2)N2CCN(C3CCCC3)CC2)cc1OC.Cl. The summed E-state index contributed by atoms with van der Waals surface area (Å²) < 4.78 is 13.1. The Morgan fingerprint density at radius 1 is 0.917 bits per heavy atom. The number of aromatic nitrogens is 4. The molecule has 0 spiro atoms. The second-order valence-corrected chi connectivity index (χ2v) is 9.52. The van der Waals surface area contributed by atoms with Crippen molar-refractivity contribution in [2.45, 2.75) is 50.7 Å². The first-order valence-electron chi connectivity index (χ1n) is 12.8. The van der Waals surface area contributed by atoms with Crippen LogP contribution in [0.15, 0.2) is 48.5 Å². The number of aryl methyl sites for hydroxylation is 2. The number of halogens is 1. The summed E-state index contributed by atoms with van der Waals surface area (Å²) in [6.07, 6.45) is 6.31. The van der Waals surface area contributed by atoms with Gasteiger partial charge in [0.25, 0.3) is 0 Å². The molecule has 5 rings (SSSR count). The van der Waals surface area contributed by atoms with Crippen molar-refractivity contribution >= 4 is 12.4 Å². The highest BCUT2D eigenvalue weighted by molar-refractivity contribution is 5.85. The van der Waals surface area contributed by atoms with Crippen LogP contribution >= 0.6 is 12.4 Å². The molecule has 0 bridgehead atoms. The molecule has 1 aromatic heterocycles. The van der Waals surface area contributed by atoms with E-state index in [0.717, 1.165) is 68.1 Å². The fraction of sp³-hybridized carbons (Fsp3) is 0.519. The summed E-state index contributed by atoms with van der Waals surface area (Å²) >= 11 is 0. The maximum absolute atomic E-state index is 5.64. The van der Waals surface area contributed by atoms with Gasteiger partial charge >= 0.3 is 0 Å². The third kappa shape index (κ3) is 5.82. The second-order valence-electron chi connectivity index (χ2n) is 9.52.